The number of amides is 1. The number of carbonyl (C=O) groups excluding carboxylic acids is 1. The summed E-state index contributed by atoms with van der Waals surface area (Å²) in [6.45, 7) is 8.70. The molecule has 2 N–H and O–H groups in total. The van der Waals surface area contributed by atoms with Crippen LogP contribution in [-0.2, 0) is 11.3 Å². The van der Waals surface area contributed by atoms with Gasteiger partial charge in [0.05, 0.1) is 51.4 Å². The Labute approximate surface area is 317 Å². The van der Waals surface area contributed by atoms with Gasteiger partial charge in [0.15, 0.2) is 0 Å². The Morgan fingerprint density at radius 3 is 2.45 bits per heavy atom. The van der Waals surface area contributed by atoms with Crippen LogP contribution in [-0.4, -0.2) is 45.8 Å². The van der Waals surface area contributed by atoms with Crippen LogP contribution in [0.1, 0.15) is 59.8 Å². The van der Waals surface area contributed by atoms with Gasteiger partial charge in [-0.2, -0.15) is 5.26 Å². The molecule has 1 aliphatic rings. The predicted molar refractivity (Wildman–Crippen MR) is 207 cm³/mol. The number of hydrogen-bond donors (Lipinski definition) is 2. The second-order valence-electron chi connectivity index (χ2n) is 12.7. The summed E-state index contributed by atoms with van der Waals surface area (Å²) < 4.78 is 21.4. The first-order valence-corrected chi connectivity index (χ1v) is 17.7. The number of anilines is 2. The van der Waals surface area contributed by atoms with Gasteiger partial charge in [-0.3, -0.25) is 4.99 Å². The SMILES string of the molecule is C=Nc1c(Cl)cc(NC(c2ccc(C)cc2)c2cn(C3CCN(C(=O)OCc4ccccc4)CC3)nn2)cc1/C(Nc1ccc(F)c(Cl)c1)=C(\C)C#N. The highest BCUT2D eigenvalue weighted by atomic mass is 35.5. The standard InChI is InChI=1S/C40H37Cl2FN8O2/c1-25-9-11-28(12-10-25)38(36-23-51(49-48-36)31-15-17-50(18-16-31)40(52)53-24-27-7-5-4-6-8-27)47-30-19-32(39(45-3)34(42)21-30)37(26(2)22-44)46-29-13-14-35(43)33(41)20-29/h4-14,19-21,23,31,38,46-47H,3,15-18,24H2,1-2H3/b37-26-. The maximum Gasteiger partial charge on any atom is 0.410 e. The molecule has 0 bridgehead atoms. The molecule has 0 aliphatic carbocycles. The molecule has 1 atom stereocenters. The average Bonchev–Trinajstić information content (AvgIpc) is 3.67. The number of nitrogens with zero attached hydrogens (tertiary/aromatic N) is 6. The van der Waals surface area contributed by atoms with Crippen molar-refractivity contribution in [2.24, 2.45) is 4.99 Å². The molecule has 6 rings (SSSR count). The summed E-state index contributed by atoms with van der Waals surface area (Å²) in [6.07, 6.45) is 2.99. The van der Waals surface area contributed by atoms with Gasteiger partial charge in [0.1, 0.15) is 18.1 Å². The van der Waals surface area contributed by atoms with Gasteiger partial charge in [-0.1, -0.05) is 88.6 Å². The minimum Gasteiger partial charge on any atom is -0.445 e. The molecule has 1 amide bonds. The van der Waals surface area contributed by atoms with Gasteiger partial charge >= 0.3 is 6.09 Å². The summed E-state index contributed by atoms with van der Waals surface area (Å²) in [5.41, 5.74) is 6.31. The van der Waals surface area contributed by atoms with Crippen molar-refractivity contribution in [1.82, 2.24) is 19.9 Å². The molecule has 53 heavy (non-hydrogen) atoms. The van der Waals surface area contributed by atoms with E-state index in [2.05, 4.69) is 38.7 Å². The van der Waals surface area contributed by atoms with Gasteiger partial charge in [-0.05, 0) is 74.9 Å². The van der Waals surface area contributed by atoms with Crippen molar-refractivity contribution < 1.29 is 13.9 Å². The zero-order chi connectivity index (χ0) is 37.5. The Morgan fingerprint density at radius 1 is 1.06 bits per heavy atom. The molecule has 0 saturated carbocycles. The van der Waals surface area contributed by atoms with Crippen LogP contribution in [0.3, 0.4) is 0 Å². The van der Waals surface area contributed by atoms with Crippen molar-refractivity contribution in [2.75, 3.05) is 23.7 Å². The average molecular weight is 752 g/mol. The number of likely N-dealkylation sites (tertiary alicyclic amines) is 1. The lowest BCUT2D eigenvalue weighted by molar-refractivity contribution is 0.0820. The largest absolute Gasteiger partial charge is 0.445 e. The summed E-state index contributed by atoms with van der Waals surface area (Å²) in [4.78, 5) is 18.7. The third kappa shape index (κ3) is 8.85. The summed E-state index contributed by atoms with van der Waals surface area (Å²) in [5, 5.41) is 26.1. The van der Waals surface area contributed by atoms with E-state index < -0.39 is 11.9 Å². The molecule has 5 aromatic rings. The van der Waals surface area contributed by atoms with E-state index in [1.165, 1.54) is 18.2 Å². The molecule has 4 aromatic carbocycles. The Hall–Kier alpha value is -5.70. The van der Waals surface area contributed by atoms with E-state index in [1.807, 2.05) is 78.5 Å². The molecule has 2 heterocycles. The maximum atomic E-state index is 14.0. The third-order valence-corrected chi connectivity index (χ3v) is 9.65. The number of aryl methyl sites for hydroxylation is 1. The minimum atomic E-state index is -0.564. The number of piperidine rings is 1. The highest BCUT2D eigenvalue weighted by molar-refractivity contribution is 6.34. The smallest absolute Gasteiger partial charge is 0.410 e. The van der Waals surface area contributed by atoms with Crippen molar-refractivity contribution in [3.63, 3.8) is 0 Å². The molecule has 0 spiro atoms. The fourth-order valence-corrected chi connectivity index (χ4v) is 6.61. The van der Waals surface area contributed by atoms with E-state index in [0.29, 0.717) is 70.5 Å². The van der Waals surface area contributed by atoms with Gasteiger partial charge in [-0.15, -0.1) is 5.10 Å². The molecule has 1 aromatic heterocycles. The summed E-state index contributed by atoms with van der Waals surface area (Å²) in [5.74, 6) is -0.564. The van der Waals surface area contributed by atoms with E-state index in [0.717, 1.165) is 16.7 Å². The fourth-order valence-electron chi connectivity index (χ4n) is 6.15. The number of halogens is 3. The quantitative estimate of drug-likeness (QED) is 0.102. The molecular weight excluding hydrogens is 714 g/mol. The number of allylic oxidation sites excluding steroid dienone is 1. The zero-order valence-electron chi connectivity index (χ0n) is 29.2. The van der Waals surface area contributed by atoms with Crippen LogP contribution in [0.25, 0.3) is 5.70 Å². The molecule has 13 heteroatoms. The Bertz CT molecular complexity index is 2180. The lowest BCUT2D eigenvalue weighted by atomic mass is 10.0. The third-order valence-electron chi connectivity index (χ3n) is 9.07. The molecule has 1 saturated heterocycles. The maximum absolute atomic E-state index is 14.0. The van der Waals surface area contributed by atoms with Gasteiger partial charge in [0.25, 0.3) is 0 Å². The molecule has 10 nitrogen and oxygen atoms in total. The second kappa shape index (κ2) is 16.8. The number of aliphatic imine (C=N–C) groups is 1. The van der Waals surface area contributed by atoms with Crippen molar-refractivity contribution in [3.8, 4) is 6.07 Å². The molecule has 1 aliphatic heterocycles. The monoisotopic (exact) mass is 750 g/mol. The summed E-state index contributed by atoms with van der Waals surface area (Å²) >= 11 is 12.9. The van der Waals surface area contributed by atoms with Crippen molar-refractivity contribution >= 4 is 58.8 Å². The first kappa shape index (κ1) is 37.1. The van der Waals surface area contributed by atoms with E-state index in [-0.39, 0.29) is 23.8 Å². The van der Waals surface area contributed by atoms with E-state index in [1.54, 1.807) is 17.9 Å². The zero-order valence-corrected chi connectivity index (χ0v) is 30.7. The van der Waals surface area contributed by atoms with Crippen molar-refractivity contribution in [3.05, 3.63) is 141 Å². The van der Waals surface area contributed by atoms with Crippen LogP contribution in [0.4, 0.5) is 26.2 Å². The Morgan fingerprint density at radius 2 is 1.77 bits per heavy atom. The summed E-state index contributed by atoms with van der Waals surface area (Å²) in [7, 11) is 0. The van der Waals surface area contributed by atoms with Crippen LogP contribution in [0.15, 0.2) is 102 Å². The number of benzene rings is 4. The number of hydrogen-bond acceptors (Lipinski definition) is 8. The number of ether oxygens (including phenoxy) is 1. The number of nitriles is 1. The number of rotatable bonds is 11. The van der Waals surface area contributed by atoms with Crippen LogP contribution in [0, 0.1) is 24.1 Å². The Balaban J connectivity index is 1.25. The topological polar surface area (TPSA) is 120 Å². The normalized spacial score (nSPS) is 14.2. The van der Waals surface area contributed by atoms with Crippen molar-refractivity contribution in [2.45, 2.75) is 45.4 Å². The highest BCUT2D eigenvalue weighted by Gasteiger charge is 2.27. The van der Waals surface area contributed by atoms with Crippen LogP contribution in [0.2, 0.25) is 10.0 Å². The first-order chi connectivity index (χ1) is 25.6. The lowest BCUT2D eigenvalue weighted by Crippen LogP contribution is -2.39. The number of aromatic nitrogens is 3. The van der Waals surface area contributed by atoms with Gasteiger partial charge in [0.2, 0.25) is 0 Å². The lowest BCUT2D eigenvalue weighted by Gasteiger charge is -2.31. The van der Waals surface area contributed by atoms with Gasteiger partial charge < -0.3 is 20.3 Å². The van der Waals surface area contributed by atoms with E-state index in [4.69, 9.17) is 27.9 Å². The summed E-state index contributed by atoms with van der Waals surface area (Å²) in [6, 6.07) is 27.3. The van der Waals surface area contributed by atoms with Crippen LogP contribution < -0.4 is 10.6 Å². The molecule has 1 fully saturated rings. The van der Waals surface area contributed by atoms with E-state index in [9.17, 15) is 14.4 Å². The number of nitrogens with one attached hydrogen (secondary N) is 2. The fraction of sp³-hybridized carbons (Fsp3) is 0.225. The predicted octanol–water partition coefficient (Wildman–Crippen LogP) is 9.91. The minimum absolute atomic E-state index is 0.0415. The van der Waals surface area contributed by atoms with Gasteiger partial charge in [0, 0.05) is 30.0 Å². The highest BCUT2D eigenvalue weighted by Crippen LogP contribution is 2.40. The molecular formula is C40H37Cl2FN8O2. The Kier molecular flexibility index (Phi) is 11.7. The molecule has 0 radical (unpaired) electrons. The molecule has 1 unspecified atom stereocenters. The molecule has 270 valence electrons. The van der Waals surface area contributed by atoms with Crippen LogP contribution in [0.5, 0.6) is 0 Å². The second-order valence-corrected chi connectivity index (χ2v) is 13.6. The van der Waals surface area contributed by atoms with Crippen molar-refractivity contribution in [1.29, 1.82) is 5.26 Å². The van der Waals surface area contributed by atoms with E-state index >= 15 is 0 Å². The van der Waals surface area contributed by atoms with Crippen LogP contribution >= 0.6 is 23.2 Å². The van der Waals surface area contributed by atoms with Gasteiger partial charge in [-0.25, -0.2) is 13.9 Å². The number of carbonyl (C=O) groups is 1. The first-order valence-electron chi connectivity index (χ1n) is 17.0.